The van der Waals surface area contributed by atoms with Crippen LogP contribution in [0.2, 0.25) is 0 Å². The van der Waals surface area contributed by atoms with Crippen molar-refractivity contribution < 1.29 is 4.39 Å². The van der Waals surface area contributed by atoms with E-state index in [2.05, 4.69) is 17.1 Å². The smallest absolute Gasteiger partial charge is 0.125 e. The topological polar surface area (TPSA) is 15.3 Å². The van der Waals surface area contributed by atoms with E-state index in [9.17, 15) is 4.39 Å². The molecule has 1 aromatic carbocycles. The van der Waals surface area contributed by atoms with Crippen LogP contribution in [0.1, 0.15) is 44.6 Å². The highest BCUT2D eigenvalue weighted by molar-refractivity contribution is 5.58. The lowest BCUT2D eigenvalue weighted by atomic mass is 9.99. The van der Waals surface area contributed by atoms with Crippen molar-refractivity contribution in [3.63, 3.8) is 0 Å². The van der Waals surface area contributed by atoms with Gasteiger partial charge in [-0.05, 0) is 62.3 Å². The molecule has 2 atom stereocenters. The molecule has 1 heterocycles. The lowest BCUT2D eigenvalue weighted by Gasteiger charge is -2.25. The molecule has 116 valence electrons. The summed E-state index contributed by atoms with van der Waals surface area (Å²) in [6.07, 6.45) is 7.55. The summed E-state index contributed by atoms with van der Waals surface area (Å²) >= 11 is 0. The molecule has 3 heteroatoms. The van der Waals surface area contributed by atoms with E-state index in [4.69, 9.17) is 0 Å². The maximum absolute atomic E-state index is 13.4. The largest absolute Gasteiger partial charge is 0.371 e. The third kappa shape index (κ3) is 3.39. The van der Waals surface area contributed by atoms with E-state index in [1.165, 1.54) is 37.7 Å². The van der Waals surface area contributed by atoms with Gasteiger partial charge in [0.1, 0.15) is 5.82 Å². The zero-order chi connectivity index (χ0) is 14.7. The minimum Gasteiger partial charge on any atom is -0.371 e. The molecule has 2 nitrogen and oxygen atoms in total. The first-order valence-electron chi connectivity index (χ1n) is 8.54. The van der Waals surface area contributed by atoms with E-state index < -0.39 is 0 Å². The average Bonchev–Trinajstić information content (AvgIpc) is 3.09. The molecule has 0 amide bonds. The quantitative estimate of drug-likeness (QED) is 0.858. The Labute approximate surface area is 127 Å². The monoisotopic (exact) mass is 290 g/mol. The van der Waals surface area contributed by atoms with Crippen LogP contribution in [-0.2, 0) is 6.42 Å². The van der Waals surface area contributed by atoms with Gasteiger partial charge in [0.15, 0.2) is 0 Å². The maximum atomic E-state index is 13.4. The van der Waals surface area contributed by atoms with Crippen LogP contribution in [0, 0.1) is 11.7 Å². The molecule has 1 saturated carbocycles. The number of anilines is 1. The molecule has 1 aliphatic carbocycles. The Hall–Kier alpha value is -1.09. The van der Waals surface area contributed by atoms with Gasteiger partial charge in [0, 0.05) is 24.8 Å². The van der Waals surface area contributed by atoms with Gasteiger partial charge in [0.25, 0.3) is 0 Å². The van der Waals surface area contributed by atoms with Crippen LogP contribution >= 0.6 is 0 Å². The summed E-state index contributed by atoms with van der Waals surface area (Å²) in [6.45, 7) is 5.50. The highest BCUT2D eigenvalue weighted by Crippen LogP contribution is 2.32. The van der Waals surface area contributed by atoms with E-state index in [1.807, 2.05) is 6.07 Å². The Morgan fingerprint density at radius 1 is 1.33 bits per heavy atom. The molecule has 1 N–H and O–H groups in total. The predicted octanol–water partition coefficient (Wildman–Crippen LogP) is 3.75. The average molecular weight is 290 g/mol. The number of benzene rings is 1. The lowest BCUT2D eigenvalue weighted by molar-refractivity contribution is 0.381. The van der Waals surface area contributed by atoms with Crippen molar-refractivity contribution in [3.05, 3.63) is 29.6 Å². The molecule has 0 saturated heterocycles. The standard InChI is InChI=1S/C18H27FN2/c1-2-10-20-17-5-3-4-14(17)8-11-21-12-9-15-6-7-16(19)13-18(15)21/h6-7,13-14,17,20H,2-5,8-12H2,1H3. The van der Waals surface area contributed by atoms with Crippen molar-refractivity contribution >= 4 is 5.69 Å². The third-order valence-electron chi connectivity index (χ3n) is 5.12. The summed E-state index contributed by atoms with van der Waals surface area (Å²) in [5.74, 6) is 0.693. The molecule has 1 fully saturated rings. The summed E-state index contributed by atoms with van der Waals surface area (Å²) in [5.41, 5.74) is 2.44. The summed E-state index contributed by atoms with van der Waals surface area (Å²) in [6, 6.07) is 5.96. The number of rotatable bonds is 6. The molecular formula is C18H27FN2. The van der Waals surface area contributed by atoms with Crippen molar-refractivity contribution in [2.24, 2.45) is 5.92 Å². The van der Waals surface area contributed by atoms with Gasteiger partial charge in [0.2, 0.25) is 0 Å². The molecular weight excluding hydrogens is 263 g/mol. The third-order valence-corrected chi connectivity index (χ3v) is 5.12. The Balaban J connectivity index is 1.55. The van der Waals surface area contributed by atoms with E-state index in [-0.39, 0.29) is 5.82 Å². The molecule has 21 heavy (non-hydrogen) atoms. The van der Waals surface area contributed by atoms with Crippen LogP contribution in [-0.4, -0.2) is 25.7 Å². The maximum Gasteiger partial charge on any atom is 0.125 e. The lowest BCUT2D eigenvalue weighted by Crippen LogP contribution is -2.35. The molecule has 1 aliphatic heterocycles. The summed E-state index contributed by atoms with van der Waals surface area (Å²) in [5, 5.41) is 3.71. The van der Waals surface area contributed by atoms with Gasteiger partial charge in [-0.1, -0.05) is 19.4 Å². The molecule has 2 unspecified atom stereocenters. The van der Waals surface area contributed by atoms with Gasteiger partial charge in [-0.25, -0.2) is 4.39 Å². The van der Waals surface area contributed by atoms with Gasteiger partial charge in [-0.15, -0.1) is 0 Å². The van der Waals surface area contributed by atoms with Gasteiger partial charge in [0.05, 0.1) is 0 Å². The predicted molar refractivity (Wildman–Crippen MR) is 86.4 cm³/mol. The van der Waals surface area contributed by atoms with E-state index in [0.717, 1.165) is 37.7 Å². The minimum absolute atomic E-state index is 0.107. The number of hydrogen-bond acceptors (Lipinski definition) is 2. The second-order valence-electron chi connectivity index (χ2n) is 6.55. The fraction of sp³-hybridized carbons (Fsp3) is 0.667. The number of fused-ring (bicyclic) bond motifs is 1. The molecule has 3 rings (SSSR count). The van der Waals surface area contributed by atoms with Crippen molar-refractivity contribution in [2.45, 2.75) is 51.5 Å². The summed E-state index contributed by atoms with van der Waals surface area (Å²) in [7, 11) is 0. The number of nitrogens with one attached hydrogen (secondary N) is 1. The Morgan fingerprint density at radius 2 is 2.24 bits per heavy atom. The zero-order valence-electron chi connectivity index (χ0n) is 13.1. The fourth-order valence-electron chi connectivity index (χ4n) is 3.95. The van der Waals surface area contributed by atoms with Crippen molar-refractivity contribution in [1.29, 1.82) is 0 Å². The molecule has 0 aromatic heterocycles. The van der Waals surface area contributed by atoms with Crippen molar-refractivity contribution in [1.82, 2.24) is 5.32 Å². The molecule has 0 spiro atoms. The van der Waals surface area contributed by atoms with Crippen LogP contribution in [0.15, 0.2) is 18.2 Å². The van der Waals surface area contributed by atoms with Crippen molar-refractivity contribution in [3.8, 4) is 0 Å². The second-order valence-corrected chi connectivity index (χ2v) is 6.55. The SMILES string of the molecule is CCCNC1CCCC1CCN1CCc2ccc(F)cc21. The Kier molecular flexibility index (Phi) is 4.79. The molecule has 2 aliphatic rings. The summed E-state index contributed by atoms with van der Waals surface area (Å²) < 4.78 is 13.4. The minimum atomic E-state index is -0.107. The summed E-state index contributed by atoms with van der Waals surface area (Å²) in [4.78, 5) is 2.38. The highest BCUT2D eigenvalue weighted by atomic mass is 19.1. The van der Waals surface area contributed by atoms with Crippen LogP contribution in [0.3, 0.4) is 0 Å². The molecule has 0 bridgehead atoms. The van der Waals surface area contributed by atoms with Gasteiger partial charge in [-0.2, -0.15) is 0 Å². The van der Waals surface area contributed by atoms with Crippen LogP contribution in [0.4, 0.5) is 10.1 Å². The van der Waals surface area contributed by atoms with Gasteiger partial charge in [-0.3, -0.25) is 0 Å². The van der Waals surface area contributed by atoms with Crippen molar-refractivity contribution in [2.75, 3.05) is 24.5 Å². The number of nitrogens with zero attached hydrogens (tertiary/aromatic N) is 1. The van der Waals surface area contributed by atoms with E-state index in [0.29, 0.717) is 6.04 Å². The zero-order valence-corrected chi connectivity index (χ0v) is 13.1. The Morgan fingerprint density at radius 3 is 3.10 bits per heavy atom. The number of halogens is 1. The highest BCUT2D eigenvalue weighted by Gasteiger charge is 2.28. The van der Waals surface area contributed by atoms with Gasteiger partial charge >= 0.3 is 0 Å². The second kappa shape index (κ2) is 6.78. The fourth-order valence-corrected chi connectivity index (χ4v) is 3.95. The molecule has 1 aromatic rings. The first-order valence-corrected chi connectivity index (χ1v) is 8.54. The number of hydrogen-bond donors (Lipinski definition) is 1. The first-order chi connectivity index (χ1) is 10.3. The molecule has 0 radical (unpaired) electrons. The van der Waals surface area contributed by atoms with E-state index in [1.54, 1.807) is 12.1 Å². The van der Waals surface area contributed by atoms with Crippen LogP contribution in [0.5, 0.6) is 0 Å². The van der Waals surface area contributed by atoms with Gasteiger partial charge < -0.3 is 10.2 Å². The normalized spacial score (nSPS) is 24.6. The van der Waals surface area contributed by atoms with Crippen LogP contribution < -0.4 is 10.2 Å². The first kappa shape index (κ1) is 14.8. The van der Waals surface area contributed by atoms with Crippen LogP contribution in [0.25, 0.3) is 0 Å². The van der Waals surface area contributed by atoms with E-state index >= 15 is 0 Å². The Bertz CT molecular complexity index is 474.